The lowest BCUT2D eigenvalue weighted by atomic mass is 9.99. The van der Waals surface area contributed by atoms with Gasteiger partial charge in [0.15, 0.2) is 5.82 Å². The third kappa shape index (κ3) is 4.10. The van der Waals surface area contributed by atoms with Crippen LogP contribution in [0.1, 0.15) is 0 Å². The zero-order chi connectivity index (χ0) is 37.2. The minimum atomic E-state index is 0.559. The van der Waals surface area contributed by atoms with E-state index in [9.17, 15) is 0 Å². The molecule has 0 fully saturated rings. The highest BCUT2D eigenvalue weighted by molar-refractivity contribution is 6.25. The van der Waals surface area contributed by atoms with Crippen molar-refractivity contribution in [1.82, 2.24) is 28.5 Å². The van der Waals surface area contributed by atoms with E-state index in [1.807, 2.05) is 0 Å². The van der Waals surface area contributed by atoms with E-state index >= 15 is 0 Å². The molecule has 5 heterocycles. The molecule has 0 spiro atoms. The monoisotopic (exact) mass is 726 g/mol. The van der Waals surface area contributed by atoms with Crippen molar-refractivity contribution in [2.24, 2.45) is 0 Å². The molecule has 13 rings (SSSR count). The van der Waals surface area contributed by atoms with E-state index in [1.54, 1.807) is 0 Å². The Morgan fingerprint density at radius 2 is 0.737 bits per heavy atom. The van der Waals surface area contributed by atoms with Gasteiger partial charge in [0.05, 0.1) is 38.6 Å². The predicted molar refractivity (Wildman–Crippen MR) is 234 cm³/mol. The van der Waals surface area contributed by atoms with Crippen LogP contribution in [0.5, 0.6) is 0 Å². The quantitative estimate of drug-likeness (QED) is 0.181. The average Bonchev–Trinajstić information content (AvgIpc) is 4.01. The lowest BCUT2D eigenvalue weighted by Crippen LogP contribution is -2.10. The molecule has 264 valence electrons. The number of benzene rings is 8. The van der Waals surface area contributed by atoms with Crippen molar-refractivity contribution in [3.8, 4) is 34.4 Å². The molecule has 8 aromatic carbocycles. The van der Waals surface area contributed by atoms with Gasteiger partial charge in [-0.15, -0.1) is 0 Å². The number of hydrogen-bond donors (Lipinski definition) is 0. The summed E-state index contributed by atoms with van der Waals surface area (Å²) in [6.45, 7) is 0. The van der Waals surface area contributed by atoms with E-state index in [-0.39, 0.29) is 0 Å². The maximum absolute atomic E-state index is 5.50. The number of para-hydroxylation sites is 6. The predicted octanol–water partition coefficient (Wildman–Crippen LogP) is 12.5. The fraction of sp³-hybridized carbons (Fsp3) is 0. The molecule has 6 heteroatoms. The minimum Gasteiger partial charge on any atom is -0.307 e. The molecule has 57 heavy (non-hydrogen) atoms. The molecule has 0 aliphatic rings. The van der Waals surface area contributed by atoms with Crippen LogP contribution in [0.4, 0.5) is 0 Å². The van der Waals surface area contributed by atoms with Crippen LogP contribution in [0.25, 0.3) is 116 Å². The average molecular weight is 727 g/mol. The van der Waals surface area contributed by atoms with Crippen molar-refractivity contribution >= 4 is 81.7 Å². The zero-order valence-electron chi connectivity index (χ0n) is 30.5. The molecule has 6 nitrogen and oxygen atoms in total. The van der Waals surface area contributed by atoms with Crippen molar-refractivity contribution < 1.29 is 0 Å². The van der Waals surface area contributed by atoms with Gasteiger partial charge in [0, 0.05) is 48.7 Å². The van der Waals surface area contributed by atoms with Crippen molar-refractivity contribution in [3.05, 3.63) is 182 Å². The molecule has 0 aliphatic carbocycles. The fourth-order valence-corrected chi connectivity index (χ4v) is 9.56. The molecule has 0 amide bonds. The Morgan fingerprint density at radius 1 is 0.298 bits per heavy atom. The highest BCUT2D eigenvalue weighted by Crippen LogP contribution is 2.43. The standard InChI is InChI=1S/C51H30N6/c1-2-15-31(16-3-1)32-21-14-30-45-46(32)39-20-7-11-29-44(39)56(45)51-53-49(52-50(54-51)55-41-26-8-4-17-33(41)34-18-5-9-27-42(34)55)40-25-13-24-38-37-23-12-22-36-35-19-6-10-28-43(35)57(47(36)37)48(38)40/h1-30H. The molecule has 0 atom stereocenters. The van der Waals surface area contributed by atoms with Crippen LogP contribution in [0, 0.1) is 0 Å². The number of rotatable bonds is 4. The van der Waals surface area contributed by atoms with Gasteiger partial charge in [-0.05, 0) is 47.5 Å². The summed E-state index contributed by atoms with van der Waals surface area (Å²) in [5.74, 6) is 1.73. The Bertz CT molecular complexity index is 3700. The second-order valence-electron chi connectivity index (χ2n) is 14.8. The molecule has 0 unspecified atom stereocenters. The Kier molecular flexibility index (Phi) is 6.07. The van der Waals surface area contributed by atoms with Gasteiger partial charge >= 0.3 is 0 Å². The maximum atomic E-state index is 5.50. The Labute approximate surface area is 325 Å². The summed E-state index contributed by atoms with van der Waals surface area (Å²) in [4.78, 5) is 16.4. The van der Waals surface area contributed by atoms with E-state index in [1.165, 1.54) is 38.1 Å². The van der Waals surface area contributed by atoms with Crippen molar-refractivity contribution in [3.63, 3.8) is 0 Å². The smallest absolute Gasteiger partial charge is 0.240 e. The Balaban J connectivity index is 1.19. The first-order chi connectivity index (χ1) is 28.3. The van der Waals surface area contributed by atoms with E-state index in [4.69, 9.17) is 15.0 Å². The highest BCUT2D eigenvalue weighted by atomic mass is 15.3. The normalized spacial score (nSPS) is 12.2. The summed E-state index contributed by atoms with van der Waals surface area (Å²) in [5, 5.41) is 9.47. The second-order valence-corrected chi connectivity index (χ2v) is 14.8. The van der Waals surface area contributed by atoms with Gasteiger partial charge < -0.3 is 4.40 Å². The number of fused-ring (bicyclic) bond motifs is 12. The third-order valence-electron chi connectivity index (χ3n) is 11.9. The van der Waals surface area contributed by atoms with Crippen LogP contribution in [0.3, 0.4) is 0 Å². The minimum absolute atomic E-state index is 0.559. The molecule has 13 aromatic rings. The molecule has 0 radical (unpaired) electrons. The van der Waals surface area contributed by atoms with Crippen LogP contribution in [0.2, 0.25) is 0 Å². The van der Waals surface area contributed by atoms with E-state index in [0.717, 1.165) is 60.3 Å². The number of nitrogens with zero attached hydrogens (tertiary/aromatic N) is 6. The topological polar surface area (TPSA) is 52.9 Å². The van der Waals surface area contributed by atoms with Gasteiger partial charge in [-0.3, -0.25) is 9.13 Å². The highest BCUT2D eigenvalue weighted by Gasteiger charge is 2.25. The summed E-state index contributed by atoms with van der Waals surface area (Å²) in [6, 6.07) is 64.6. The van der Waals surface area contributed by atoms with Crippen LogP contribution >= 0.6 is 0 Å². The van der Waals surface area contributed by atoms with Crippen LogP contribution in [-0.2, 0) is 0 Å². The third-order valence-corrected chi connectivity index (χ3v) is 11.9. The van der Waals surface area contributed by atoms with Crippen LogP contribution < -0.4 is 0 Å². The van der Waals surface area contributed by atoms with Crippen LogP contribution in [0.15, 0.2) is 182 Å². The molecule has 0 aliphatic heterocycles. The van der Waals surface area contributed by atoms with Gasteiger partial charge in [-0.1, -0.05) is 146 Å². The number of aromatic nitrogens is 6. The summed E-state index contributed by atoms with van der Waals surface area (Å²) < 4.78 is 6.84. The summed E-state index contributed by atoms with van der Waals surface area (Å²) in [7, 11) is 0. The first-order valence-electron chi connectivity index (χ1n) is 19.3. The fourth-order valence-electron chi connectivity index (χ4n) is 9.56. The molecule has 0 saturated heterocycles. The van der Waals surface area contributed by atoms with Crippen molar-refractivity contribution in [2.45, 2.75) is 0 Å². The zero-order valence-corrected chi connectivity index (χ0v) is 30.5. The summed E-state index contributed by atoms with van der Waals surface area (Å²) in [6.07, 6.45) is 0. The van der Waals surface area contributed by atoms with Gasteiger partial charge in [0.2, 0.25) is 11.9 Å². The molecule has 0 saturated carbocycles. The number of hydrogen-bond acceptors (Lipinski definition) is 3. The molecular weight excluding hydrogens is 697 g/mol. The van der Waals surface area contributed by atoms with E-state index in [2.05, 4.69) is 196 Å². The largest absolute Gasteiger partial charge is 0.307 e. The lowest BCUT2D eigenvalue weighted by Gasteiger charge is -2.13. The van der Waals surface area contributed by atoms with Gasteiger partial charge in [-0.25, -0.2) is 0 Å². The van der Waals surface area contributed by atoms with Crippen molar-refractivity contribution in [1.29, 1.82) is 0 Å². The van der Waals surface area contributed by atoms with Gasteiger partial charge in [0.25, 0.3) is 0 Å². The first kappa shape index (κ1) is 30.5. The van der Waals surface area contributed by atoms with Gasteiger partial charge in [-0.2, -0.15) is 15.0 Å². The Morgan fingerprint density at radius 3 is 1.42 bits per heavy atom. The molecule has 0 bridgehead atoms. The summed E-state index contributed by atoms with van der Waals surface area (Å²) in [5.41, 5.74) is 10.9. The molecular formula is C51H30N6. The first-order valence-corrected chi connectivity index (χ1v) is 19.3. The van der Waals surface area contributed by atoms with E-state index in [0.29, 0.717) is 17.7 Å². The van der Waals surface area contributed by atoms with E-state index < -0.39 is 0 Å². The second kappa shape index (κ2) is 11.4. The lowest BCUT2D eigenvalue weighted by molar-refractivity contribution is 0.893. The maximum Gasteiger partial charge on any atom is 0.240 e. The SMILES string of the molecule is c1ccc(-c2cccc3c2c2ccccc2n3-c2nc(-c3cccc4c5cccc6c7ccccc7n(c34)c65)nc(-n3c4ccccc4c4ccccc43)n2)cc1. The molecule has 0 N–H and O–H groups in total. The van der Waals surface area contributed by atoms with Crippen LogP contribution in [-0.4, -0.2) is 28.5 Å². The van der Waals surface area contributed by atoms with Crippen molar-refractivity contribution in [2.75, 3.05) is 0 Å². The van der Waals surface area contributed by atoms with Gasteiger partial charge in [0.1, 0.15) is 0 Å². The summed E-state index contributed by atoms with van der Waals surface area (Å²) >= 11 is 0. The molecule has 5 aromatic heterocycles. The Hall–Kier alpha value is -7.83.